The van der Waals surface area contributed by atoms with E-state index in [-0.39, 0.29) is 11.7 Å². The summed E-state index contributed by atoms with van der Waals surface area (Å²) in [4.78, 5) is 11.8. The molecule has 0 fully saturated rings. The molecule has 0 saturated carbocycles. The number of aromatic hydroxyl groups is 1. The molecule has 0 amide bonds. The minimum atomic E-state index is -0.342. The third kappa shape index (κ3) is 1.65. The second-order valence-electron chi connectivity index (χ2n) is 3.90. The summed E-state index contributed by atoms with van der Waals surface area (Å²) in [6.45, 7) is 4.62. The van der Waals surface area contributed by atoms with Crippen LogP contribution in [-0.4, -0.2) is 22.8 Å². The van der Waals surface area contributed by atoms with E-state index in [1.165, 1.54) is 7.11 Å². The number of fused-ring (bicyclic) bond motifs is 1. The molecule has 0 radical (unpaired) electrons. The van der Waals surface area contributed by atoms with Crippen molar-refractivity contribution in [2.75, 3.05) is 7.11 Å². The number of benzene rings is 1. The highest BCUT2D eigenvalue weighted by Gasteiger charge is 2.19. The zero-order valence-electron chi connectivity index (χ0n) is 10.2. The monoisotopic (exact) mass is 233 g/mol. The molecule has 17 heavy (non-hydrogen) atoms. The van der Waals surface area contributed by atoms with Gasteiger partial charge in [0.2, 0.25) is 0 Å². The van der Waals surface area contributed by atoms with E-state index in [0.29, 0.717) is 5.56 Å². The summed E-state index contributed by atoms with van der Waals surface area (Å²) < 4.78 is 6.79. The maximum Gasteiger partial charge on any atom is 0.340 e. The third-order valence-electron chi connectivity index (χ3n) is 3.01. The molecule has 0 spiro atoms. The van der Waals surface area contributed by atoms with Crippen LogP contribution < -0.4 is 0 Å². The smallest absolute Gasteiger partial charge is 0.340 e. The minimum Gasteiger partial charge on any atom is -0.508 e. The number of phenolic OH excluding ortho intramolecular Hbond substituents is 1. The standard InChI is InChI=1S/C13H15NO3/c1-4-14-8(2)12(13(16)17-3)10-6-5-9(15)7-11(10)14/h5-7,15H,4H2,1-3H3. The molecule has 4 nitrogen and oxygen atoms in total. The molecule has 0 unspecified atom stereocenters. The molecule has 1 aromatic carbocycles. The number of hydrogen-bond donors (Lipinski definition) is 1. The van der Waals surface area contributed by atoms with Crippen LogP contribution in [-0.2, 0) is 11.3 Å². The van der Waals surface area contributed by atoms with Crippen molar-refractivity contribution in [1.82, 2.24) is 4.57 Å². The first-order valence-electron chi connectivity index (χ1n) is 5.50. The number of nitrogens with zero attached hydrogens (tertiary/aromatic N) is 1. The number of esters is 1. The Kier molecular flexibility index (Phi) is 2.79. The zero-order chi connectivity index (χ0) is 12.6. The predicted octanol–water partition coefficient (Wildman–Crippen LogP) is 2.46. The number of rotatable bonds is 2. The Balaban J connectivity index is 2.84. The van der Waals surface area contributed by atoms with Crippen LogP contribution in [0.2, 0.25) is 0 Å². The molecule has 0 atom stereocenters. The maximum absolute atomic E-state index is 11.8. The van der Waals surface area contributed by atoms with E-state index in [4.69, 9.17) is 4.74 Å². The predicted molar refractivity (Wildman–Crippen MR) is 65.4 cm³/mol. The van der Waals surface area contributed by atoms with Gasteiger partial charge in [-0.1, -0.05) is 0 Å². The summed E-state index contributed by atoms with van der Waals surface area (Å²) in [5, 5.41) is 10.3. The number of phenols is 1. The number of hydrogen-bond acceptors (Lipinski definition) is 3. The SMILES string of the molecule is CCn1c(C)c(C(=O)OC)c2ccc(O)cc21. The molecule has 90 valence electrons. The van der Waals surface area contributed by atoms with E-state index >= 15 is 0 Å². The molecule has 0 bridgehead atoms. The van der Waals surface area contributed by atoms with Crippen LogP contribution in [0, 0.1) is 6.92 Å². The Labute approximate surface area is 99.4 Å². The van der Waals surface area contributed by atoms with Gasteiger partial charge < -0.3 is 14.4 Å². The Hall–Kier alpha value is -1.97. The topological polar surface area (TPSA) is 51.5 Å². The Morgan fingerprint density at radius 1 is 1.47 bits per heavy atom. The average Bonchev–Trinajstić information content (AvgIpc) is 2.59. The van der Waals surface area contributed by atoms with Gasteiger partial charge in [-0.15, -0.1) is 0 Å². The van der Waals surface area contributed by atoms with Gasteiger partial charge in [0.05, 0.1) is 18.2 Å². The van der Waals surface area contributed by atoms with E-state index in [2.05, 4.69) is 0 Å². The lowest BCUT2D eigenvalue weighted by molar-refractivity contribution is 0.0602. The van der Waals surface area contributed by atoms with E-state index in [1.807, 2.05) is 18.4 Å². The van der Waals surface area contributed by atoms with Crippen molar-refractivity contribution >= 4 is 16.9 Å². The van der Waals surface area contributed by atoms with Crippen molar-refractivity contribution < 1.29 is 14.6 Å². The molecule has 0 aliphatic heterocycles. The third-order valence-corrected chi connectivity index (χ3v) is 3.01. The van der Waals surface area contributed by atoms with Crippen LogP contribution in [0.15, 0.2) is 18.2 Å². The Bertz CT molecular complexity index is 584. The average molecular weight is 233 g/mol. The van der Waals surface area contributed by atoms with Gasteiger partial charge in [-0.25, -0.2) is 4.79 Å². The molecule has 0 saturated heterocycles. The van der Waals surface area contributed by atoms with E-state index in [0.717, 1.165) is 23.1 Å². The fourth-order valence-electron chi connectivity index (χ4n) is 2.23. The Morgan fingerprint density at radius 3 is 2.76 bits per heavy atom. The molecule has 1 N–H and O–H groups in total. The molecular weight excluding hydrogens is 218 g/mol. The number of carbonyl (C=O) groups excluding carboxylic acids is 1. The second kappa shape index (κ2) is 4.13. The quantitative estimate of drug-likeness (QED) is 0.811. The van der Waals surface area contributed by atoms with E-state index < -0.39 is 0 Å². The van der Waals surface area contributed by atoms with Gasteiger partial charge in [0.15, 0.2) is 0 Å². The maximum atomic E-state index is 11.8. The first kappa shape index (κ1) is 11.5. The number of methoxy groups -OCH3 is 1. The summed E-state index contributed by atoms with van der Waals surface area (Å²) >= 11 is 0. The van der Waals surface area contributed by atoms with Crippen molar-refractivity contribution in [1.29, 1.82) is 0 Å². The highest BCUT2D eigenvalue weighted by molar-refractivity contribution is 6.06. The van der Waals surface area contributed by atoms with Gasteiger partial charge in [-0.3, -0.25) is 0 Å². The summed E-state index contributed by atoms with van der Waals surface area (Å²) in [6.07, 6.45) is 0. The van der Waals surface area contributed by atoms with Crippen LogP contribution in [0.25, 0.3) is 10.9 Å². The molecule has 0 aliphatic rings. The van der Waals surface area contributed by atoms with Gasteiger partial charge >= 0.3 is 5.97 Å². The molecule has 2 rings (SSSR count). The van der Waals surface area contributed by atoms with Gasteiger partial charge in [-0.2, -0.15) is 0 Å². The highest BCUT2D eigenvalue weighted by atomic mass is 16.5. The zero-order valence-corrected chi connectivity index (χ0v) is 10.2. The van der Waals surface area contributed by atoms with Crippen LogP contribution in [0.5, 0.6) is 5.75 Å². The normalized spacial score (nSPS) is 10.8. The van der Waals surface area contributed by atoms with Crippen LogP contribution >= 0.6 is 0 Å². The summed E-state index contributed by atoms with van der Waals surface area (Å²) in [5.74, 6) is -0.147. The summed E-state index contributed by atoms with van der Waals surface area (Å²) in [5.41, 5.74) is 2.29. The number of aromatic nitrogens is 1. The number of carbonyl (C=O) groups is 1. The lowest BCUT2D eigenvalue weighted by Gasteiger charge is -2.04. The first-order chi connectivity index (χ1) is 8.10. The number of aryl methyl sites for hydroxylation is 1. The van der Waals surface area contributed by atoms with Crippen molar-refractivity contribution in [3.8, 4) is 5.75 Å². The van der Waals surface area contributed by atoms with Crippen molar-refractivity contribution in [3.63, 3.8) is 0 Å². The lowest BCUT2D eigenvalue weighted by Crippen LogP contribution is -2.04. The highest BCUT2D eigenvalue weighted by Crippen LogP contribution is 2.29. The minimum absolute atomic E-state index is 0.195. The fraction of sp³-hybridized carbons (Fsp3) is 0.308. The largest absolute Gasteiger partial charge is 0.508 e. The molecular formula is C13H15NO3. The van der Waals surface area contributed by atoms with Crippen molar-refractivity contribution in [2.45, 2.75) is 20.4 Å². The van der Waals surface area contributed by atoms with Crippen molar-refractivity contribution in [3.05, 3.63) is 29.5 Å². The van der Waals surface area contributed by atoms with Gasteiger partial charge in [0.25, 0.3) is 0 Å². The first-order valence-corrected chi connectivity index (χ1v) is 5.50. The lowest BCUT2D eigenvalue weighted by atomic mass is 10.1. The fourth-order valence-corrected chi connectivity index (χ4v) is 2.23. The van der Waals surface area contributed by atoms with E-state index in [1.54, 1.807) is 18.2 Å². The molecule has 1 heterocycles. The Morgan fingerprint density at radius 2 is 2.18 bits per heavy atom. The van der Waals surface area contributed by atoms with E-state index in [9.17, 15) is 9.90 Å². The molecule has 4 heteroatoms. The van der Waals surface area contributed by atoms with Crippen LogP contribution in [0.3, 0.4) is 0 Å². The van der Waals surface area contributed by atoms with Gasteiger partial charge in [0, 0.05) is 23.7 Å². The van der Waals surface area contributed by atoms with Crippen molar-refractivity contribution in [2.24, 2.45) is 0 Å². The molecule has 2 aromatic rings. The summed E-state index contributed by atoms with van der Waals surface area (Å²) in [7, 11) is 1.37. The molecule has 1 aromatic heterocycles. The van der Waals surface area contributed by atoms with Crippen LogP contribution in [0.4, 0.5) is 0 Å². The van der Waals surface area contributed by atoms with Crippen LogP contribution in [0.1, 0.15) is 23.0 Å². The molecule has 0 aliphatic carbocycles. The second-order valence-corrected chi connectivity index (χ2v) is 3.90. The van der Waals surface area contributed by atoms with Gasteiger partial charge in [-0.05, 0) is 26.0 Å². The summed E-state index contributed by atoms with van der Waals surface area (Å²) in [6, 6.07) is 4.99. The van der Waals surface area contributed by atoms with Gasteiger partial charge in [0.1, 0.15) is 5.75 Å². The number of ether oxygens (including phenoxy) is 1.